The summed E-state index contributed by atoms with van der Waals surface area (Å²) in [6, 6.07) is 10.4. The minimum Gasteiger partial charge on any atom is -0.369 e. The molecule has 1 aromatic rings. The molecule has 1 heteroatoms. The van der Waals surface area contributed by atoms with Crippen LogP contribution >= 0.6 is 0 Å². The first-order chi connectivity index (χ1) is 10.4. The Balaban J connectivity index is 2.02. The van der Waals surface area contributed by atoms with Crippen molar-refractivity contribution in [3.63, 3.8) is 0 Å². The second-order valence-corrected chi connectivity index (χ2v) is 5.83. The zero-order valence-electron chi connectivity index (χ0n) is 13.7. The van der Waals surface area contributed by atoms with Gasteiger partial charge in [-0.15, -0.1) is 6.58 Å². The third kappa shape index (κ3) is 9.47. The number of hydrogen-bond acceptors (Lipinski definition) is 1. The minimum absolute atomic E-state index is 0.199. The summed E-state index contributed by atoms with van der Waals surface area (Å²) in [6.45, 7) is 6.85. The van der Waals surface area contributed by atoms with Crippen molar-refractivity contribution in [2.45, 2.75) is 77.4 Å². The van der Waals surface area contributed by atoms with Gasteiger partial charge in [0, 0.05) is 0 Å². The first-order valence-electron chi connectivity index (χ1n) is 8.65. The molecule has 0 bridgehead atoms. The van der Waals surface area contributed by atoms with Crippen LogP contribution in [0.5, 0.6) is 0 Å². The van der Waals surface area contributed by atoms with Crippen LogP contribution in [0, 0.1) is 0 Å². The van der Waals surface area contributed by atoms with Crippen LogP contribution in [0.15, 0.2) is 43.0 Å². The lowest BCUT2D eigenvalue weighted by Gasteiger charge is -2.14. The molecule has 0 aromatic heterocycles. The van der Waals surface area contributed by atoms with E-state index in [2.05, 4.69) is 37.8 Å². The summed E-state index contributed by atoms with van der Waals surface area (Å²) in [5.41, 5.74) is 1.24. The summed E-state index contributed by atoms with van der Waals surface area (Å²) in [6.07, 6.45) is 14.1. The summed E-state index contributed by atoms with van der Waals surface area (Å²) in [5.74, 6) is 0. The van der Waals surface area contributed by atoms with E-state index in [0.717, 1.165) is 6.42 Å². The highest BCUT2D eigenvalue weighted by molar-refractivity contribution is 5.13. The predicted octanol–water partition coefficient (Wildman–Crippen LogP) is 6.29. The summed E-state index contributed by atoms with van der Waals surface area (Å²) in [4.78, 5) is 0. The third-order valence-electron chi connectivity index (χ3n) is 3.91. The lowest BCUT2D eigenvalue weighted by atomic mass is 10.1. The molecule has 1 nitrogen and oxygen atoms in total. The smallest absolute Gasteiger partial charge is 0.0757 e. The zero-order valence-corrected chi connectivity index (χ0v) is 13.7. The van der Waals surface area contributed by atoms with Crippen molar-refractivity contribution in [2.75, 3.05) is 0 Å². The van der Waals surface area contributed by atoms with Gasteiger partial charge in [0.15, 0.2) is 0 Å². The van der Waals surface area contributed by atoms with Crippen molar-refractivity contribution in [1.82, 2.24) is 0 Å². The van der Waals surface area contributed by atoms with Gasteiger partial charge >= 0.3 is 0 Å². The average molecular weight is 288 g/mol. The van der Waals surface area contributed by atoms with E-state index in [-0.39, 0.29) is 6.10 Å². The predicted molar refractivity (Wildman–Crippen MR) is 92.4 cm³/mol. The molecule has 21 heavy (non-hydrogen) atoms. The monoisotopic (exact) mass is 288 g/mol. The molecule has 1 aromatic carbocycles. The lowest BCUT2D eigenvalue weighted by Crippen LogP contribution is -2.09. The SMILES string of the molecule is C=CC(CCCCCCCCCC)OCc1ccccc1. The molecule has 0 aliphatic heterocycles. The van der Waals surface area contributed by atoms with Gasteiger partial charge < -0.3 is 4.74 Å². The fourth-order valence-electron chi connectivity index (χ4n) is 2.53. The summed E-state index contributed by atoms with van der Waals surface area (Å²) in [7, 11) is 0. The van der Waals surface area contributed by atoms with Crippen molar-refractivity contribution in [3.8, 4) is 0 Å². The molecule has 0 fully saturated rings. The van der Waals surface area contributed by atoms with E-state index in [0.29, 0.717) is 6.61 Å². The van der Waals surface area contributed by atoms with Crippen LogP contribution in [0.2, 0.25) is 0 Å². The summed E-state index contributed by atoms with van der Waals surface area (Å²) < 4.78 is 5.92. The molecule has 0 saturated heterocycles. The summed E-state index contributed by atoms with van der Waals surface area (Å²) >= 11 is 0. The number of hydrogen-bond donors (Lipinski definition) is 0. The van der Waals surface area contributed by atoms with Gasteiger partial charge in [-0.2, -0.15) is 0 Å². The molecule has 0 aliphatic rings. The Bertz CT molecular complexity index is 344. The standard InChI is InChI=1S/C20H32O/c1-3-5-6-7-8-9-10-14-17-20(4-2)21-18-19-15-12-11-13-16-19/h4,11-13,15-16,20H,2-3,5-10,14,17-18H2,1H3. The van der Waals surface area contributed by atoms with Crippen LogP contribution in [0.4, 0.5) is 0 Å². The topological polar surface area (TPSA) is 9.23 Å². The van der Waals surface area contributed by atoms with E-state index in [4.69, 9.17) is 4.74 Å². The molecule has 0 saturated carbocycles. The van der Waals surface area contributed by atoms with Crippen molar-refractivity contribution >= 4 is 0 Å². The number of rotatable bonds is 13. The number of ether oxygens (including phenoxy) is 1. The van der Waals surface area contributed by atoms with Crippen LogP contribution in [-0.4, -0.2) is 6.10 Å². The first-order valence-corrected chi connectivity index (χ1v) is 8.65. The van der Waals surface area contributed by atoms with Gasteiger partial charge in [-0.3, -0.25) is 0 Å². The molecule has 1 rings (SSSR count). The normalized spacial score (nSPS) is 12.2. The van der Waals surface area contributed by atoms with Crippen molar-refractivity contribution < 1.29 is 4.74 Å². The van der Waals surface area contributed by atoms with Crippen molar-refractivity contribution in [3.05, 3.63) is 48.6 Å². The maximum absolute atomic E-state index is 5.92. The molecule has 0 amide bonds. The van der Waals surface area contributed by atoms with E-state index in [1.807, 2.05) is 12.1 Å². The Kier molecular flexibility index (Phi) is 10.8. The zero-order chi connectivity index (χ0) is 15.2. The maximum atomic E-state index is 5.92. The number of benzene rings is 1. The Morgan fingerprint density at radius 1 is 0.952 bits per heavy atom. The quantitative estimate of drug-likeness (QED) is 0.306. The van der Waals surface area contributed by atoms with Gasteiger partial charge in [-0.25, -0.2) is 0 Å². The Morgan fingerprint density at radius 2 is 1.57 bits per heavy atom. The molecule has 118 valence electrons. The van der Waals surface area contributed by atoms with Gasteiger partial charge in [0.05, 0.1) is 12.7 Å². The van der Waals surface area contributed by atoms with Gasteiger partial charge in [-0.1, -0.05) is 94.7 Å². The van der Waals surface area contributed by atoms with Gasteiger partial charge in [0.1, 0.15) is 0 Å². The van der Waals surface area contributed by atoms with Gasteiger partial charge in [0.2, 0.25) is 0 Å². The number of unbranched alkanes of at least 4 members (excludes halogenated alkanes) is 7. The van der Waals surface area contributed by atoms with Crippen LogP contribution in [0.1, 0.15) is 70.3 Å². The maximum Gasteiger partial charge on any atom is 0.0757 e. The van der Waals surface area contributed by atoms with E-state index >= 15 is 0 Å². The van der Waals surface area contributed by atoms with E-state index in [1.165, 1.54) is 56.9 Å². The largest absolute Gasteiger partial charge is 0.369 e. The average Bonchev–Trinajstić information content (AvgIpc) is 2.54. The molecular formula is C20H32O. The highest BCUT2D eigenvalue weighted by Gasteiger charge is 2.04. The fourth-order valence-corrected chi connectivity index (χ4v) is 2.53. The summed E-state index contributed by atoms with van der Waals surface area (Å²) in [5, 5.41) is 0. The van der Waals surface area contributed by atoms with E-state index in [1.54, 1.807) is 0 Å². The van der Waals surface area contributed by atoms with Crippen LogP contribution in [-0.2, 0) is 11.3 Å². The molecule has 1 unspecified atom stereocenters. The second-order valence-electron chi connectivity index (χ2n) is 5.83. The molecule has 0 radical (unpaired) electrons. The van der Waals surface area contributed by atoms with Gasteiger partial charge in [0.25, 0.3) is 0 Å². The van der Waals surface area contributed by atoms with Crippen LogP contribution in [0.25, 0.3) is 0 Å². The molecule has 0 aliphatic carbocycles. The lowest BCUT2D eigenvalue weighted by molar-refractivity contribution is 0.0649. The molecule has 0 N–H and O–H groups in total. The van der Waals surface area contributed by atoms with Gasteiger partial charge in [-0.05, 0) is 12.0 Å². The van der Waals surface area contributed by atoms with E-state index < -0.39 is 0 Å². The van der Waals surface area contributed by atoms with E-state index in [9.17, 15) is 0 Å². The third-order valence-corrected chi connectivity index (χ3v) is 3.91. The molecule has 0 spiro atoms. The molecule has 1 atom stereocenters. The molecule has 0 heterocycles. The van der Waals surface area contributed by atoms with Crippen molar-refractivity contribution in [2.24, 2.45) is 0 Å². The van der Waals surface area contributed by atoms with Crippen molar-refractivity contribution in [1.29, 1.82) is 0 Å². The second kappa shape index (κ2) is 12.6. The highest BCUT2D eigenvalue weighted by atomic mass is 16.5. The van der Waals surface area contributed by atoms with Crippen LogP contribution in [0.3, 0.4) is 0 Å². The Labute approximate surface area is 131 Å². The van der Waals surface area contributed by atoms with Crippen LogP contribution < -0.4 is 0 Å². The fraction of sp³-hybridized carbons (Fsp3) is 0.600. The Morgan fingerprint density at radius 3 is 2.19 bits per heavy atom. The minimum atomic E-state index is 0.199. The highest BCUT2D eigenvalue weighted by Crippen LogP contribution is 2.13. The Hall–Kier alpha value is -1.08. The first kappa shape index (κ1) is 18.0. The molecular weight excluding hydrogens is 256 g/mol.